The standard InChI is InChI=1S/C22H22N6O3S3/c1-15-23-13-20(24-15)34(30,31)28-10-8-27(9-11-28)18-6-3-2-5-16(18)25-21(29)17-14-33-22(26-17)19-7-4-12-32-19/h2-7,12-14H,8-11H2,1H3,(H,23,24)(H,25,29). The van der Waals surface area contributed by atoms with Gasteiger partial charge in [-0.05, 0) is 30.5 Å². The highest BCUT2D eigenvalue weighted by molar-refractivity contribution is 7.89. The number of sulfonamides is 1. The molecule has 4 heterocycles. The van der Waals surface area contributed by atoms with Crippen LogP contribution in [0.5, 0.6) is 0 Å². The second-order valence-electron chi connectivity index (χ2n) is 7.71. The smallest absolute Gasteiger partial charge is 0.275 e. The molecule has 0 bridgehead atoms. The van der Waals surface area contributed by atoms with Crippen molar-refractivity contribution in [1.82, 2.24) is 19.3 Å². The molecule has 12 heteroatoms. The Bertz CT molecular complexity index is 1400. The molecular weight excluding hydrogens is 492 g/mol. The number of hydrogen-bond acceptors (Lipinski definition) is 8. The van der Waals surface area contributed by atoms with Crippen LogP contribution in [0, 0.1) is 6.92 Å². The number of aryl methyl sites for hydroxylation is 1. The van der Waals surface area contributed by atoms with Gasteiger partial charge in [0.05, 0.1) is 22.4 Å². The lowest BCUT2D eigenvalue weighted by atomic mass is 10.2. The van der Waals surface area contributed by atoms with Gasteiger partial charge in [0.2, 0.25) is 0 Å². The summed E-state index contributed by atoms with van der Waals surface area (Å²) in [5.41, 5.74) is 1.88. The fourth-order valence-corrected chi connectivity index (χ4v) is 6.77. The summed E-state index contributed by atoms with van der Waals surface area (Å²) >= 11 is 3.02. The summed E-state index contributed by atoms with van der Waals surface area (Å²) in [5, 5.41) is 7.64. The number of H-pyrrole nitrogens is 1. The summed E-state index contributed by atoms with van der Waals surface area (Å²) in [7, 11) is -3.62. The fourth-order valence-electron chi connectivity index (χ4n) is 3.77. The van der Waals surface area contributed by atoms with Crippen LogP contribution in [0.1, 0.15) is 16.3 Å². The van der Waals surface area contributed by atoms with Gasteiger partial charge in [0.1, 0.15) is 16.5 Å². The van der Waals surface area contributed by atoms with Crippen molar-refractivity contribution in [2.75, 3.05) is 36.4 Å². The highest BCUT2D eigenvalue weighted by Gasteiger charge is 2.30. The van der Waals surface area contributed by atoms with Crippen LogP contribution in [0.4, 0.5) is 11.4 Å². The highest BCUT2D eigenvalue weighted by Crippen LogP contribution is 2.30. The average Bonchev–Trinajstić information content (AvgIpc) is 3.61. The van der Waals surface area contributed by atoms with E-state index >= 15 is 0 Å². The Morgan fingerprint density at radius 2 is 1.88 bits per heavy atom. The molecule has 176 valence electrons. The van der Waals surface area contributed by atoms with E-state index in [9.17, 15) is 13.2 Å². The number of carbonyl (C=O) groups excluding carboxylic acids is 1. The van der Waals surface area contributed by atoms with E-state index in [0.29, 0.717) is 43.4 Å². The number of aromatic amines is 1. The summed E-state index contributed by atoms with van der Waals surface area (Å²) in [6.45, 7) is 3.38. The Kier molecular flexibility index (Phi) is 6.21. The monoisotopic (exact) mass is 514 g/mol. The zero-order chi connectivity index (χ0) is 23.7. The van der Waals surface area contributed by atoms with Gasteiger partial charge in [0, 0.05) is 31.6 Å². The van der Waals surface area contributed by atoms with Gasteiger partial charge in [-0.15, -0.1) is 22.7 Å². The van der Waals surface area contributed by atoms with Crippen LogP contribution in [-0.2, 0) is 10.0 Å². The Morgan fingerprint density at radius 3 is 2.59 bits per heavy atom. The van der Waals surface area contributed by atoms with E-state index < -0.39 is 10.0 Å². The molecule has 3 aromatic heterocycles. The van der Waals surface area contributed by atoms with Gasteiger partial charge in [0.15, 0.2) is 5.03 Å². The number of amides is 1. The molecule has 1 aliphatic heterocycles. The van der Waals surface area contributed by atoms with Gasteiger partial charge >= 0.3 is 0 Å². The van der Waals surface area contributed by atoms with Crippen molar-refractivity contribution in [2.24, 2.45) is 0 Å². The van der Waals surface area contributed by atoms with Gasteiger partial charge in [-0.2, -0.15) is 4.31 Å². The van der Waals surface area contributed by atoms with Crippen molar-refractivity contribution >= 4 is 50.0 Å². The van der Waals surface area contributed by atoms with E-state index in [2.05, 4.69) is 25.2 Å². The quantitative estimate of drug-likeness (QED) is 0.406. The predicted molar refractivity (Wildman–Crippen MR) is 134 cm³/mol. The molecule has 1 fully saturated rings. The summed E-state index contributed by atoms with van der Waals surface area (Å²) < 4.78 is 27.2. The van der Waals surface area contributed by atoms with Crippen molar-refractivity contribution in [3.05, 3.63) is 64.9 Å². The maximum Gasteiger partial charge on any atom is 0.275 e. The van der Waals surface area contributed by atoms with Gasteiger partial charge in [0.25, 0.3) is 15.9 Å². The second kappa shape index (κ2) is 9.29. The summed E-state index contributed by atoms with van der Waals surface area (Å²) in [4.78, 5) is 27.3. The Morgan fingerprint density at radius 1 is 1.09 bits per heavy atom. The molecule has 34 heavy (non-hydrogen) atoms. The maximum atomic E-state index is 12.9. The van der Waals surface area contributed by atoms with E-state index in [-0.39, 0.29) is 10.9 Å². The lowest BCUT2D eigenvalue weighted by Crippen LogP contribution is -2.49. The molecule has 1 saturated heterocycles. The van der Waals surface area contributed by atoms with E-state index in [4.69, 9.17) is 0 Å². The number of rotatable bonds is 6. The third-order valence-corrected chi connectivity index (χ3v) is 9.19. The lowest BCUT2D eigenvalue weighted by molar-refractivity contribution is 0.102. The van der Waals surface area contributed by atoms with Gasteiger partial charge < -0.3 is 15.2 Å². The highest BCUT2D eigenvalue weighted by atomic mass is 32.2. The van der Waals surface area contributed by atoms with Crippen LogP contribution >= 0.6 is 22.7 Å². The van der Waals surface area contributed by atoms with Gasteiger partial charge in [-0.3, -0.25) is 4.79 Å². The van der Waals surface area contributed by atoms with Crippen LogP contribution < -0.4 is 10.2 Å². The summed E-state index contributed by atoms with van der Waals surface area (Å²) in [5.74, 6) is 0.284. The van der Waals surface area contributed by atoms with Gasteiger partial charge in [-0.1, -0.05) is 18.2 Å². The van der Waals surface area contributed by atoms with Crippen LogP contribution in [0.3, 0.4) is 0 Å². The molecule has 0 aliphatic carbocycles. The van der Waals surface area contributed by atoms with Crippen molar-refractivity contribution < 1.29 is 13.2 Å². The number of thiazole rings is 1. The van der Waals surface area contributed by atoms with E-state index in [1.165, 1.54) is 21.8 Å². The molecule has 0 unspecified atom stereocenters. The first-order valence-corrected chi connectivity index (χ1v) is 13.8. The maximum absolute atomic E-state index is 12.9. The molecule has 9 nitrogen and oxygen atoms in total. The van der Waals surface area contributed by atoms with Crippen LogP contribution in [0.25, 0.3) is 9.88 Å². The minimum Gasteiger partial charge on any atom is -0.367 e. The number of benzene rings is 1. The number of imidazole rings is 1. The number of piperazine rings is 1. The first-order chi connectivity index (χ1) is 16.4. The summed E-state index contributed by atoms with van der Waals surface area (Å²) in [6.07, 6.45) is 1.35. The number of hydrogen-bond donors (Lipinski definition) is 2. The predicted octanol–water partition coefficient (Wildman–Crippen LogP) is 3.67. The third-order valence-electron chi connectivity index (χ3n) is 5.50. The van der Waals surface area contributed by atoms with E-state index in [1.807, 2.05) is 41.8 Å². The minimum absolute atomic E-state index is 0.108. The molecule has 4 aromatic rings. The fraction of sp³-hybridized carbons (Fsp3) is 0.227. The van der Waals surface area contributed by atoms with Crippen molar-refractivity contribution in [2.45, 2.75) is 11.9 Å². The first kappa shape index (κ1) is 22.7. The number of nitrogens with zero attached hydrogens (tertiary/aromatic N) is 4. The zero-order valence-electron chi connectivity index (χ0n) is 18.3. The SMILES string of the molecule is Cc1ncc(S(=O)(=O)N2CCN(c3ccccc3NC(=O)c3csc(-c4cccs4)n3)CC2)[nH]1. The molecule has 0 radical (unpaired) electrons. The Hall–Kier alpha value is -3.06. The molecular formula is C22H22N6O3S3. The number of nitrogens with one attached hydrogen (secondary N) is 2. The lowest BCUT2D eigenvalue weighted by Gasteiger charge is -2.36. The van der Waals surface area contributed by atoms with Crippen molar-refractivity contribution in [3.8, 4) is 9.88 Å². The molecule has 1 amide bonds. The molecule has 2 N–H and O–H groups in total. The number of thiophene rings is 1. The number of anilines is 2. The van der Waals surface area contributed by atoms with Crippen LogP contribution in [0.2, 0.25) is 0 Å². The number of aromatic nitrogens is 3. The molecule has 5 rings (SSSR count). The summed E-state index contributed by atoms with van der Waals surface area (Å²) in [6, 6.07) is 11.5. The van der Waals surface area contributed by atoms with Crippen LogP contribution in [-0.4, -0.2) is 59.8 Å². The largest absolute Gasteiger partial charge is 0.367 e. The second-order valence-corrected chi connectivity index (χ2v) is 11.4. The topological polar surface area (TPSA) is 111 Å². The Labute approximate surface area is 205 Å². The van der Waals surface area contributed by atoms with E-state index in [0.717, 1.165) is 15.6 Å². The van der Waals surface area contributed by atoms with Gasteiger partial charge in [-0.25, -0.2) is 18.4 Å². The molecule has 0 spiro atoms. The Balaban J connectivity index is 1.28. The van der Waals surface area contributed by atoms with E-state index in [1.54, 1.807) is 23.6 Å². The first-order valence-electron chi connectivity index (χ1n) is 10.6. The zero-order valence-corrected chi connectivity index (χ0v) is 20.7. The van der Waals surface area contributed by atoms with Crippen molar-refractivity contribution in [1.29, 1.82) is 0 Å². The molecule has 1 aromatic carbocycles. The number of carbonyl (C=O) groups is 1. The molecule has 0 atom stereocenters. The minimum atomic E-state index is -3.62. The van der Waals surface area contributed by atoms with Crippen LogP contribution in [0.15, 0.2) is 58.4 Å². The molecule has 1 aliphatic rings. The normalized spacial score (nSPS) is 14.9. The third kappa shape index (κ3) is 4.49. The van der Waals surface area contributed by atoms with Crippen molar-refractivity contribution in [3.63, 3.8) is 0 Å². The molecule has 0 saturated carbocycles. The average molecular weight is 515 g/mol. The number of para-hydroxylation sites is 2.